The van der Waals surface area contributed by atoms with E-state index in [-0.39, 0.29) is 0 Å². The lowest BCUT2D eigenvalue weighted by Gasteiger charge is -2.10. The molecule has 18 heavy (non-hydrogen) atoms. The van der Waals surface area contributed by atoms with Gasteiger partial charge in [-0.1, -0.05) is 6.07 Å². The van der Waals surface area contributed by atoms with E-state index in [0.717, 1.165) is 11.1 Å². The molecule has 2 aromatic rings. The highest BCUT2D eigenvalue weighted by Gasteiger charge is 2.07. The first-order valence-corrected chi connectivity index (χ1v) is 5.56. The molecule has 94 valence electrons. The topological polar surface area (TPSA) is 70.3 Å². The molecule has 0 bridgehead atoms. The average molecular weight is 245 g/mol. The Morgan fingerprint density at radius 2 is 1.89 bits per heavy atom. The SMILES string of the molecule is COc1cc(CN)ccc1Oc1ncc(C)cn1. The van der Waals surface area contributed by atoms with Gasteiger partial charge in [-0.05, 0) is 30.2 Å². The average Bonchev–Trinajstić information content (AvgIpc) is 2.41. The maximum Gasteiger partial charge on any atom is 0.322 e. The van der Waals surface area contributed by atoms with E-state index < -0.39 is 0 Å². The molecule has 2 rings (SSSR count). The van der Waals surface area contributed by atoms with Gasteiger partial charge in [0.15, 0.2) is 11.5 Å². The maximum atomic E-state index is 5.57. The minimum absolute atomic E-state index is 0.291. The molecule has 1 heterocycles. The monoisotopic (exact) mass is 245 g/mol. The summed E-state index contributed by atoms with van der Waals surface area (Å²) in [6.45, 7) is 2.37. The molecule has 0 amide bonds. The van der Waals surface area contributed by atoms with Crippen molar-refractivity contribution in [2.75, 3.05) is 7.11 Å². The first-order valence-electron chi connectivity index (χ1n) is 5.56. The number of rotatable bonds is 4. The van der Waals surface area contributed by atoms with Crippen LogP contribution in [0.3, 0.4) is 0 Å². The van der Waals surface area contributed by atoms with Crippen molar-refractivity contribution in [3.8, 4) is 17.5 Å². The molecule has 0 radical (unpaired) electrons. The third-order valence-corrected chi connectivity index (χ3v) is 2.42. The van der Waals surface area contributed by atoms with Crippen LogP contribution in [0.4, 0.5) is 0 Å². The summed E-state index contributed by atoms with van der Waals surface area (Å²) in [4.78, 5) is 8.16. The van der Waals surface area contributed by atoms with Gasteiger partial charge in [0, 0.05) is 18.9 Å². The molecule has 5 heteroatoms. The third-order valence-electron chi connectivity index (χ3n) is 2.42. The fourth-order valence-electron chi connectivity index (χ4n) is 1.46. The van der Waals surface area contributed by atoms with Gasteiger partial charge in [0.05, 0.1) is 7.11 Å². The number of nitrogens with two attached hydrogens (primary N) is 1. The van der Waals surface area contributed by atoms with Crippen molar-refractivity contribution in [1.82, 2.24) is 9.97 Å². The van der Waals surface area contributed by atoms with Gasteiger partial charge < -0.3 is 15.2 Å². The van der Waals surface area contributed by atoms with Crippen LogP contribution < -0.4 is 15.2 Å². The number of aryl methyl sites for hydroxylation is 1. The highest BCUT2D eigenvalue weighted by molar-refractivity contribution is 5.44. The third kappa shape index (κ3) is 2.75. The van der Waals surface area contributed by atoms with Crippen molar-refractivity contribution in [1.29, 1.82) is 0 Å². The van der Waals surface area contributed by atoms with Crippen LogP contribution in [0.5, 0.6) is 17.5 Å². The van der Waals surface area contributed by atoms with Crippen molar-refractivity contribution in [3.63, 3.8) is 0 Å². The number of hydrogen-bond donors (Lipinski definition) is 1. The second-order valence-corrected chi connectivity index (χ2v) is 3.83. The minimum Gasteiger partial charge on any atom is -0.493 e. The first kappa shape index (κ1) is 12.3. The second-order valence-electron chi connectivity index (χ2n) is 3.83. The Bertz CT molecular complexity index is 526. The Morgan fingerprint density at radius 1 is 1.17 bits per heavy atom. The molecular weight excluding hydrogens is 230 g/mol. The van der Waals surface area contributed by atoms with Gasteiger partial charge in [-0.3, -0.25) is 0 Å². The van der Waals surface area contributed by atoms with E-state index in [0.29, 0.717) is 24.1 Å². The zero-order valence-electron chi connectivity index (χ0n) is 10.4. The molecule has 0 saturated carbocycles. The van der Waals surface area contributed by atoms with Crippen LogP contribution in [0.25, 0.3) is 0 Å². The zero-order chi connectivity index (χ0) is 13.0. The summed E-state index contributed by atoms with van der Waals surface area (Å²) < 4.78 is 10.8. The highest BCUT2D eigenvalue weighted by Crippen LogP contribution is 2.30. The number of methoxy groups -OCH3 is 1. The lowest BCUT2D eigenvalue weighted by Crippen LogP contribution is -1.99. The van der Waals surface area contributed by atoms with Crippen molar-refractivity contribution >= 4 is 0 Å². The number of aromatic nitrogens is 2. The summed E-state index contributed by atoms with van der Waals surface area (Å²) in [6, 6.07) is 5.80. The van der Waals surface area contributed by atoms with Gasteiger partial charge in [-0.2, -0.15) is 0 Å². The molecule has 1 aromatic heterocycles. The molecule has 0 unspecified atom stereocenters. The minimum atomic E-state index is 0.291. The molecular formula is C13H15N3O2. The number of hydrogen-bond acceptors (Lipinski definition) is 5. The van der Waals surface area contributed by atoms with Gasteiger partial charge >= 0.3 is 6.01 Å². The summed E-state index contributed by atoms with van der Waals surface area (Å²) in [5.41, 5.74) is 7.53. The molecule has 0 saturated heterocycles. The lowest BCUT2D eigenvalue weighted by atomic mass is 10.2. The molecule has 1 aromatic carbocycles. The van der Waals surface area contributed by atoms with Crippen LogP contribution >= 0.6 is 0 Å². The Labute approximate surface area is 106 Å². The molecule has 0 atom stereocenters. The van der Waals surface area contributed by atoms with Gasteiger partial charge in [-0.15, -0.1) is 0 Å². The number of nitrogens with zero attached hydrogens (tertiary/aromatic N) is 2. The van der Waals surface area contributed by atoms with E-state index in [4.69, 9.17) is 15.2 Å². The van der Waals surface area contributed by atoms with E-state index in [1.165, 1.54) is 0 Å². The first-order chi connectivity index (χ1) is 8.72. The fourth-order valence-corrected chi connectivity index (χ4v) is 1.46. The van der Waals surface area contributed by atoms with Crippen LogP contribution in [-0.4, -0.2) is 17.1 Å². The van der Waals surface area contributed by atoms with Gasteiger partial charge in [0.2, 0.25) is 0 Å². The van der Waals surface area contributed by atoms with Crippen molar-refractivity contribution in [3.05, 3.63) is 41.7 Å². The molecule has 0 aliphatic carbocycles. The number of benzene rings is 1. The summed E-state index contributed by atoms with van der Waals surface area (Å²) in [7, 11) is 1.58. The van der Waals surface area contributed by atoms with E-state index in [9.17, 15) is 0 Å². The zero-order valence-corrected chi connectivity index (χ0v) is 10.4. The summed E-state index contributed by atoms with van der Waals surface area (Å²) in [6.07, 6.45) is 3.39. The highest BCUT2D eigenvalue weighted by atomic mass is 16.5. The Morgan fingerprint density at radius 3 is 2.50 bits per heavy atom. The Kier molecular flexibility index (Phi) is 3.74. The number of ether oxygens (including phenoxy) is 2. The van der Waals surface area contributed by atoms with E-state index in [1.807, 2.05) is 19.1 Å². The predicted molar refractivity (Wildman–Crippen MR) is 67.7 cm³/mol. The van der Waals surface area contributed by atoms with Crippen LogP contribution in [0.1, 0.15) is 11.1 Å². The van der Waals surface area contributed by atoms with Gasteiger partial charge in [0.1, 0.15) is 0 Å². The van der Waals surface area contributed by atoms with Crippen LogP contribution in [0.2, 0.25) is 0 Å². The molecule has 5 nitrogen and oxygen atoms in total. The normalized spacial score (nSPS) is 10.2. The van der Waals surface area contributed by atoms with Crippen LogP contribution in [-0.2, 0) is 6.54 Å². The molecule has 0 aliphatic heterocycles. The van der Waals surface area contributed by atoms with Crippen molar-refractivity contribution in [2.45, 2.75) is 13.5 Å². The maximum absolute atomic E-state index is 5.57. The van der Waals surface area contributed by atoms with E-state index in [2.05, 4.69) is 9.97 Å². The summed E-state index contributed by atoms with van der Waals surface area (Å²) in [5.74, 6) is 1.18. The largest absolute Gasteiger partial charge is 0.493 e. The standard InChI is InChI=1S/C13H15N3O2/c1-9-7-15-13(16-8-9)18-11-4-3-10(6-14)5-12(11)17-2/h3-5,7-8H,6,14H2,1-2H3. The van der Waals surface area contributed by atoms with Crippen LogP contribution in [0, 0.1) is 6.92 Å². The molecule has 0 aliphatic rings. The van der Waals surface area contributed by atoms with Gasteiger partial charge in [0.25, 0.3) is 0 Å². The Hall–Kier alpha value is -2.14. The van der Waals surface area contributed by atoms with E-state index in [1.54, 1.807) is 25.6 Å². The quantitative estimate of drug-likeness (QED) is 0.892. The second kappa shape index (κ2) is 5.46. The van der Waals surface area contributed by atoms with E-state index >= 15 is 0 Å². The van der Waals surface area contributed by atoms with Crippen molar-refractivity contribution in [2.24, 2.45) is 5.73 Å². The predicted octanol–water partition coefficient (Wildman–Crippen LogP) is 2.04. The molecule has 0 spiro atoms. The van der Waals surface area contributed by atoms with Gasteiger partial charge in [-0.25, -0.2) is 9.97 Å². The smallest absolute Gasteiger partial charge is 0.322 e. The lowest BCUT2D eigenvalue weighted by molar-refractivity contribution is 0.367. The van der Waals surface area contributed by atoms with Crippen LogP contribution in [0.15, 0.2) is 30.6 Å². The van der Waals surface area contributed by atoms with Crippen molar-refractivity contribution < 1.29 is 9.47 Å². The molecule has 0 fully saturated rings. The summed E-state index contributed by atoms with van der Waals surface area (Å²) in [5, 5.41) is 0. The molecule has 2 N–H and O–H groups in total. The fraction of sp³-hybridized carbons (Fsp3) is 0.231. The Balaban J connectivity index is 2.25. The summed E-state index contributed by atoms with van der Waals surface area (Å²) >= 11 is 0.